The van der Waals surface area contributed by atoms with E-state index in [0.29, 0.717) is 13.6 Å². The molecule has 1 aromatic carbocycles. The molecule has 0 aromatic heterocycles. The van der Waals surface area contributed by atoms with Gasteiger partial charge in [0.25, 0.3) is 0 Å². The molecule has 0 spiro atoms. The molecule has 0 radical (unpaired) electrons. The van der Waals surface area contributed by atoms with Gasteiger partial charge in [-0.15, -0.1) is 0 Å². The number of benzene rings is 1. The van der Waals surface area contributed by atoms with Crippen molar-refractivity contribution in [2.75, 3.05) is 13.2 Å². The van der Waals surface area contributed by atoms with E-state index in [-0.39, 0.29) is 28.1 Å². The van der Waals surface area contributed by atoms with Crippen LogP contribution >= 0.6 is 67.8 Å². The first kappa shape index (κ1) is 29.2. The maximum Gasteiger partial charge on any atom is 0.375 e. The first-order valence-electron chi connectivity index (χ1n) is 8.97. The van der Waals surface area contributed by atoms with E-state index in [0.717, 1.165) is 0 Å². The van der Waals surface area contributed by atoms with Crippen LogP contribution in [0.5, 0.6) is 5.75 Å². The molecular weight excluding hydrogens is 775 g/mol. The van der Waals surface area contributed by atoms with E-state index >= 15 is 0 Å². The van der Waals surface area contributed by atoms with Crippen LogP contribution in [0.15, 0.2) is 6.07 Å². The van der Waals surface area contributed by atoms with E-state index in [9.17, 15) is 28.0 Å². The van der Waals surface area contributed by atoms with Crippen LogP contribution in [0.1, 0.15) is 44.0 Å². The predicted molar refractivity (Wildman–Crippen MR) is 133 cm³/mol. The first-order valence-corrected chi connectivity index (χ1v) is 12.2. The second-order valence-electron chi connectivity index (χ2n) is 7.03. The van der Waals surface area contributed by atoms with Gasteiger partial charge < -0.3 is 19.3 Å². The van der Waals surface area contributed by atoms with Crippen molar-refractivity contribution in [2.45, 2.75) is 39.5 Å². The molecular formula is C19H19F2I3O8. The van der Waals surface area contributed by atoms with Crippen LogP contribution in [0.25, 0.3) is 0 Å². The molecule has 0 atom stereocenters. The monoisotopic (exact) mass is 794 g/mol. The van der Waals surface area contributed by atoms with Crippen LogP contribution in [-0.4, -0.2) is 48.1 Å². The lowest BCUT2D eigenvalue weighted by Gasteiger charge is -2.20. The SMILES string of the molecule is CCC(C)(C)C(=O)OCCOC(=O)c1c(I)c(I)cc(OC(=O)CC(F)(F)C(=O)O)c1I. The predicted octanol–water partition coefficient (Wildman–Crippen LogP) is 4.65. The molecule has 0 saturated heterocycles. The number of ether oxygens (including phenoxy) is 3. The summed E-state index contributed by atoms with van der Waals surface area (Å²) in [5.41, 5.74) is -0.633. The number of esters is 3. The highest BCUT2D eigenvalue weighted by molar-refractivity contribution is 14.1. The Balaban J connectivity index is 2.92. The highest BCUT2D eigenvalue weighted by Gasteiger charge is 2.42. The zero-order valence-corrected chi connectivity index (χ0v) is 23.6. The summed E-state index contributed by atoms with van der Waals surface area (Å²) in [5, 5.41) is 8.45. The van der Waals surface area contributed by atoms with Crippen molar-refractivity contribution >= 4 is 91.6 Å². The van der Waals surface area contributed by atoms with E-state index < -0.39 is 41.6 Å². The summed E-state index contributed by atoms with van der Waals surface area (Å²) < 4.78 is 42.7. The van der Waals surface area contributed by atoms with Crippen LogP contribution in [0.2, 0.25) is 0 Å². The maximum atomic E-state index is 13.3. The number of carboxylic acids is 1. The van der Waals surface area contributed by atoms with Crippen LogP contribution in [-0.2, 0) is 23.9 Å². The first-order chi connectivity index (χ1) is 14.6. The molecule has 0 fully saturated rings. The number of halogens is 5. The Bertz CT molecular complexity index is 918. The Labute approximate surface area is 223 Å². The lowest BCUT2D eigenvalue weighted by molar-refractivity contribution is -0.170. The summed E-state index contributed by atoms with van der Waals surface area (Å²) in [6.07, 6.45) is -1.09. The third-order valence-electron chi connectivity index (χ3n) is 4.22. The van der Waals surface area contributed by atoms with E-state index in [1.54, 1.807) is 36.4 Å². The van der Waals surface area contributed by atoms with Crippen LogP contribution in [0, 0.1) is 16.1 Å². The van der Waals surface area contributed by atoms with Gasteiger partial charge in [-0.2, -0.15) is 8.78 Å². The molecule has 1 rings (SSSR count). The van der Waals surface area contributed by atoms with Gasteiger partial charge in [0.15, 0.2) is 0 Å². The number of carbonyl (C=O) groups is 4. The summed E-state index contributed by atoms with van der Waals surface area (Å²) >= 11 is 5.43. The van der Waals surface area contributed by atoms with Crippen molar-refractivity contribution in [3.63, 3.8) is 0 Å². The van der Waals surface area contributed by atoms with Crippen molar-refractivity contribution in [2.24, 2.45) is 5.41 Å². The number of alkyl halides is 2. The molecule has 32 heavy (non-hydrogen) atoms. The van der Waals surface area contributed by atoms with Gasteiger partial charge in [-0.3, -0.25) is 9.59 Å². The van der Waals surface area contributed by atoms with Crippen molar-refractivity contribution in [1.29, 1.82) is 0 Å². The highest BCUT2D eigenvalue weighted by Crippen LogP contribution is 2.34. The highest BCUT2D eigenvalue weighted by atomic mass is 127. The minimum Gasteiger partial charge on any atom is -0.477 e. The summed E-state index contributed by atoms with van der Waals surface area (Å²) in [4.78, 5) is 46.8. The van der Waals surface area contributed by atoms with E-state index in [1.807, 2.05) is 52.1 Å². The van der Waals surface area contributed by atoms with Crippen molar-refractivity contribution in [1.82, 2.24) is 0 Å². The molecule has 0 bridgehead atoms. The molecule has 0 aliphatic heterocycles. The second kappa shape index (κ2) is 12.0. The van der Waals surface area contributed by atoms with Gasteiger partial charge in [-0.05, 0) is 94.1 Å². The Hall–Kier alpha value is -0.850. The fourth-order valence-corrected chi connectivity index (χ4v) is 4.40. The smallest absolute Gasteiger partial charge is 0.375 e. The fourth-order valence-electron chi connectivity index (χ4n) is 1.93. The molecule has 1 aromatic rings. The summed E-state index contributed by atoms with van der Waals surface area (Å²) in [5.74, 6) is -9.63. The number of carbonyl (C=O) groups excluding carboxylic acids is 3. The third-order valence-corrected chi connectivity index (χ3v) is 8.29. The number of aliphatic carboxylic acids is 1. The zero-order valence-electron chi connectivity index (χ0n) is 17.1. The van der Waals surface area contributed by atoms with Gasteiger partial charge in [-0.1, -0.05) is 6.92 Å². The summed E-state index contributed by atoms with van der Waals surface area (Å²) in [6, 6.07) is 1.35. The fraction of sp³-hybridized carbons (Fsp3) is 0.474. The normalized spacial score (nSPS) is 11.6. The summed E-state index contributed by atoms with van der Waals surface area (Å²) in [6.45, 7) is 4.93. The van der Waals surface area contributed by atoms with Crippen molar-refractivity contribution < 1.29 is 47.3 Å². The average molecular weight is 794 g/mol. The minimum atomic E-state index is -4.29. The number of carboxylic acid groups (broad SMARTS) is 1. The number of hydrogen-bond acceptors (Lipinski definition) is 7. The lowest BCUT2D eigenvalue weighted by atomic mass is 9.91. The average Bonchev–Trinajstić information content (AvgIpc) is 2.68. The molecule has 13 heteroatoms. The molecule has 0 heterocycles. The van der Waals surface area contributed by atoms with E-state index in [1.165, 1.54) is 6.07 Å². The topological polar surface area (TPSA) is 116 Å². The second-order valence-corrected chi connectivity index (χ2v) is 10.3. The van der Waals surface area contributed by atoms with Crippen LogP contribution in [0.4, 0.5) is 8.78 Å². The molecule has 1 N–H and O–H groups in total. The van der Waals surface area contributed by atoms with Gasteiger partial charge >= 0.3 is 29.8 Å². The van der Waals surface area contributed by atoms with Crippen LogP contribution in [0.3, 0.4) is 0 Å². The molecule has 0 saturated carbocycles. The van der Waals surface area contributed by atoms with Gasteiger partial charge in [0, 0.05) is 7.14 Å². The molecule has 0 aliphatic rings. The number of hydrogen-bond donors (Lipinski definition) is 1. The minimum absolute atomic E-state index is 0.0334. The van der Waals surface area contributed by atoms with E-state index in [2.05, 4.69) is 0 Å². The lowest BCUT2D eigenvalue weighted by Crippen LogP contribution is -2.32. The zero-order chi connectivity index (χ0) is 24.9. The standard InChI is InChI=1S/C19H19F2I3O8/c1-4-18(2,3)17(29)31-6-5-30-15(26)12-13(23)9(22)7-10(14(12)24)32-11(25)8-19(20,21)16(27)28/h7H,4-6,8H2,1-3H3,(H,27,28). The Kier molecular flexibility index (Phi) is 11.0. The van der Waals surface area contributed by atoms with Gasteiger partial charge in [0.2, 0.25) is 0 Å². The van der Waals surface area contributed by atoms with Crippen molar-refractivity contribution in [3.8, 4) is 5.75 Å². The number of rotatable bonds is 10. The Morgan fingerprint density at radius 2 is 1.59 bits per heavy atom. The molecule has 0 unspecified atom stereocenters. The summed E-state index contributed by atoms with van der Waals surface area (Å²) in [7, 11) is 0. The van der Waals surface area contributed by atoms with Crippen molar-refractivity contribution in [3.05, 3.63) is 22.3 Å². The Morgan fingerprint density at radius 1 is 1.03 bits per heavy atom. The van der Waals surface area contributed by atoms with E-state index in [4.69, 9.17) is 19.3 Å². The third kappa shape index (κ3) is 7.88. The largest absolute Gasteiger partial charge is 0.477 e. The molecule has 0 amide bonds. The van der Waals surface area contributed by atoms with Crippen LogP contribution < -0.4 is 4.74 Å². The maximum absolute atomic E-state index is 13.3. The van der Waals surface area contributed by atoms with Gasteiger partial charge in [0.05, 0.1) is 14.5 Å². The molecule has 8 nitrogen and oxygen atoms in total. The van der Waals surface area contributed by atoms with Gasteiger partial charge in [0.1, 0.15) is 25.4 Å². The Morgan fingerprint density at radius 3 is 2.12 bits per heavy atom. The molecule has 178 valence electrons. The quantitative estimate of drug-likeness (QED) is 0.120. The van der Waals surface area contributed by atoms with Gasteiger partial charge in [-0.25, -0.2) is 9.59 Å². The molecule has 0 aliphatic carbocycles.